The monoisotopic (exact) mass is 389 g/mol. The fourth-order valence-corrected chi connectivity index (χ4v) is 4.66. The molecule has 2 aromatic heterocycles. The molecule has 0 aromatic carbocycles. The van der Waals surface area contributed by atoms with Crippen LogP contribution in [0.15, 0.2) is 39.1 Å². The molecule has 0 saturated heterocycles. The lowest BCUT2D eigenvalue weighted by Crippen LogP contribution is -2.27. The van der Waals surface area contributed by atoms with E-state index in [1.165, 1.54) is 15.6 Å². The third kappa shape index (κ3) is 3.82. The molecule has 0 aliphatic carbocycles. The van der Waals surface area contributed by atoms with Crippen molar-refractivity contribution in [3.8, 4) is 0 Å². The van der Waals surface area contributed by atoms with Gasteiger partial charge in [0, 0.05) is 41.1 Å². The molecule has 0 radical (unpaired) electrons. The summed E-state index contributed by atoms with van der Waals surface area (Å²) in [6.07, 6.45) is 1.58. The van der Waals surface area contributed by atoms with Gasteiger partial charge in [-0.3, -0.25) is 0 Å². The average molecular weight is 390 g/mol. The van der Waals surface area contributed by atoms with E-state index < -0.39 is 10.0 Å². The molecule has 0 unspecified atom stereocenters. The molecule has 114 valence electrons. The highest BCUT2D eigenvalue weighted by Gasteiger charge is 2.25. The van der Waals surface area contributed by atoms with E-state index in [9.17, 15) is 8.42 Å². The summed E-state index contributed by atoms with van der Waals surface area (Å²) in [6, 6.07) is 5.12. The number of pyridine rings is 1. The van der Waals surface area contributed by atoms with Gasteiger partial charge in [-0.25, -0.2) is 13.4 Å². The van der Waals surface area contributed by atoms with Crippen LogP contribution in [0.3, 0.4) is 0 Å². The van der Waals surface area contributed by atoms with Crippen LogP contribution in [0, 0.1) is 0 Å². The lowest BCUT2D eigenvalue weighted by Gasteiger charge is -2.18. The zero-order chi connectivity index (χ0) is 15.5. The highest BCUT2D eigenvalue weighted by molar-refractivity contribution is 9.10. The lowest BCUT2D eigenvalue weighted by atomic mass is 10.4. The van der Waals surface area contributed by atoms with Gasteiger partial charge in [0.05, 0.1) is 0 Å². The summed E-state index contributed by atoms with van der Waals surface area (Å²) in [7, 11) is -2.01. The van der Waals surface area contributed by atoms with Gasteiger partial charge in [-0.2, -0.15) is 4.31 Å². The molecule has 0 atom stereocenters. The van der Waals surface area contributed by atoms with E-state index in [2.05, 4.69) is 26.2 Å². The minimum Gasteiger partial charge on any atom is -0.369 e. The number of sulfonamides is 1. The van der Waals surface area contributed by atoms with Gasteiger partial charge in [-0.15, -0.1) is 11.3 Å². The smallest absolute Gasteiger partial charge is 0.246 e. The number of nitrogens with zero attached hydrogens (tertiary/aromatic N) is 2. The van der Waals surface area contributed by atoms with E-state index in [1.807, 2.05) is 18.4 Å². The first kappa shape index (κ1) is 16.4. The van der Waals surface area contributed by atoms with Gasteiger partial charge in [0.15, 0.2) is 0 Å². The van der Waals surface area contributed by atoms with E-state index in [0.29, 0.717) is 18.9 Å². The van der Waals surface area contributed by atoms with Crippen molar-refractivity contribution in [2.75, 3.05) is 18.9 Å². The standard InChI is InChI=1S/C13H16BrN3O2S2/c1-3-15-13-12(5-4-6-16-13)21(18,19)17(2)8-11-7-10(14)9-20-11/h4-7,9H,3,8H2,1-2H3,(H,15,16). The van der Waals surface area contributed by atoms with Crippen molar-refractivity contribution in [2.45, 2.75) is 18.4 Å². The molecule has 0 spiro atoms. The lowest BCUT2D eigenvalue weighted by molar-refractivity contribution is 0.469. The first-order valence-electron chi connectivity index (χ1n) is 6.33. The Morgan fingerprint density at radius 2 is 2.24 bits per heavy atom. The summed E-state index contributed by atoms with van der Waals surface area (Å²) in [5, 5.41) is 4.92. The van der Waals surface area contributed by atoms with Crippen molar-refractivity contribution in [3.63, 3.8) is 0 Å². The second-order valence-corrected chi connectivity index (χ2v) is 8.30. The quantitative estimate of drug-likeness (QED) is 0.823. The van der Waals surface area contributed by atoms with E-state index in [-0.39, 0.29) is 4.90 Å². The minimum absolute atomic E-state index is 0.199. The predicted molar refractivity (Wildman–Crippen MR) is 89.1 cm³/mol. The maximum atomic E-state index is 12.7. The highest BCUT2D eigenvalue weighted by atomic mass is 79.9. The molecular formula is C13H16BrN3O2S2. The van der Waals surface area contributed by atoms with Crippen LogP contribution in [0.2, 0.25) is 0 Å². The molecule has 2 heterocycles. The second kappa shape index (κ2) is 6.87. The zero-order valence-corrected chi connectivity index (χ0v) is 14.9. The fourth-order valence-electron chi connectivity index (χ4n) is 1.81. The molecule has 2 rings (SSSR count). The second-order valence-electron chi connectivity index (χ2n) is 4.37. The van der Waals surface area contributed by atoms with Gasteiger partial charge in [0.25, 0.3) is 0 Å². The molecule has 0 amide bonds. The molecule has 21 heavy (non-hydrogen) atoms. The average Bonchev–Trinajstić information content (AvgIpc) is 2.85. The third-order valence-electron chi connectivity index (χ3n) is 2.80. The summed E-state index contributed by atoms with van der Waals surface area (Å²) >= 11 is 4.89. The molecular weight excluding hydrogens is 374 g/mol. The Morgan fingerprint density at radius 1 is 1.48 bits per heavy atom. The Hall–Kier alpha value is -0.960. The van der Waals surface area contributed by atoms with Crippen LogP contribution in [0.5, 0.6) is 0 Å². The minimum atomic E-state index is -3.58. The maximum Gasteiger partial charge on any atom is 0.246 e. The first-order chi connectivity index (χ1) is 9.95. The van der Waals surface area contributed by atoms with E-state index in [1.54, 1.807) is 25.4 Å². The van der Waals surface area contributed by atoms with Crippen LogP contribution < -0.4 is 5.32 Å². The van der Waals surface area contributed by atoms with Crippen LogP contribution >= 0.6 is 27.3 Å². The Morgan fingerprint density at radius 3 is 2.86 bits per heavy atom. The maximum absolute atomic E-state index is 12.7. The molecule has 0 fully saturated rings. The number of nitrogens with one attached hydrogen (secondary N) is 1. The van der Waals surface area contributed by atoms with Crippen molar-refractivity contribution in [1.82, 2.24) is 9.29 Å². The molecule has 0 saturated carbocycles. The Balaban J connectivity index is 2.28. The largest absolute Gasteiger partial charge is 0.369 e. The van der Waals surface area contributed by atoms with Crippen LogP contribution in [-0.2, 0) is 16.6 Å². The predicted octanol–water partition coefficient (Wildman–Crippen LogP) is 3.16. The zero-order valence-electron chi connectivity index (χ0n) is 11.7. The van der Waals surface area contributed by atoms with Crippen LogP contribution in [0.25, 0.3) is 0 Å². The van der Waals surface area contributed by atoms with E-state index >= 15 is 0 Å². The van der Waals surface area contributed by atoms with Gasteiger partial charge in [0.2, 0.25) is 10.0 Å². The van der Waals surface area contributed by atoms with Crippen LogP contribution in [-0.4, -0.2) is 31.3 Å². The van der Waals surface area contributed by atoms with Gasteiger partial charge in [0.1, 0.15) is 10.7 Å². The number of rotatable bonds is 6. The van der Waals surface area contributed by atoms with Crippen molar-refractivity contribution >= 4 is 43.1 Å². The first-order valence-corrected chi connectivity index (χ1v) is 9.44. The van der Waals surface area contributed by atoms with Crippen LogP contribution in [0.1, 0.15) is 11.8 Å². The Bertz CT molecular complexity index is 716. The van der Waals surface area contributed by atoms with Crippen molar-refractivity contribution in [3.05, 3.63) is 39.1 Å². The highest BCUT2D eigenvalue weighted by Crippen LogP contribution is 2.25. The number of hydrogen-bond donors (Lipinski definition) is 1. The normalized spacial score (nSPS) is 11.8. The summed E-state index contributed by atoms with van der Waals surface area (Å²) in [5.41, 5.74) is 0. The number of aromatic nitrogens is 1. The molecule has 0 aliphatic rings. The number of thiophene rings is 1. The van der Waals surface area contributed by atoms with Crippen molar-refractivity contribution in [2.24, 2.45) is 0 Å². The Labute approximate surface area is 137 Å². The van der Waals surface area contributed by atoms with Gasteiger partial charge < -0.3 is 5.32 Å². The fraction of sp³-hybridized carbons (Fsp3) is 0.308. The Kier molecular flexibility index (Phi) is 5.37. The molecule has 0 bridgehead atoms. The summed E-state index contributed by atoms with van der Waals surface area (Å²) in [4.78, 5) is 5.28. The van der Waals surface area contributed by atoms with Crippen molar-refractivity contribution in [1.29, 1.82) is 0 Å². The molecule has 0 aliphatic heterocycles. The van der Waals surface area contributed by atoms with Crippen LogP contribution in [0.4, 0.5) is 5.82 Å². The summed E-state index contributed by atoms with van der Waals surface area (Å²) in [5.74, 6) is 0.388. The van der Waals surface area contributed by atoms with E-state index in [0.717, 1.165) is 9.35 Å². The number of hydrogen-bond acceptors (Lipinski definition) is 5. The van der Waals surface area contributed by atoms with Crippen molar-refractivity contribution < 1.29 is 8.42 Å². The molecule has 5 nitrogen and oxygen atoms in total. The van der Waals surface area contributed by atoms with Gasteiger partial charge >= 0.3 is 0 Å². The third-order valence-corrected chi connectivity index (χ3v) is 6.32. The van der Waals surface area contributed by atoms with Gasteiger partial charge in [-0.05, 0) is 41.1 Å². The SMILES string of the molecule is CCNc1ncccc1S(=O)(=O)N(C)Cc1cc(Br)cs1. The number of anilines is 1. The molecule has 1 N–H and O–H groups in total. The molecule has 2 aromatic rings. The summed E-state index contributed by atoms with van der Waals surface area (Å²) in [6.45, 7) is 2.85. The summed E-state index contributed by atoms with van der Waals surface area (Å²) < 4.78 is 27.7. The topological polar surface area (TPSA) is 62.3 Å². The van der Waals surface area contributed by atoms with E-state index in [4.69, 9.17) is 0 Å². The number of halogens is 1. The molecule has 8 heteroatoms. The van der Waals surface area contributed by atoms with Gasteiger partial charge in [-0.1, -0.05) is 0 Å².